The molecule has 0 radical (unpaired) electrons. The van der Waals surface area contributed by atoms with Gasteiger partial charge in [-0.15, -0.1) is 0 Å². The Morgan fingerprint density at radius 1 is 1.04 bits per heavy atom. The second kappa shape index (κ2) is 9.57. The number of halogens is 1. The first-order valence-electron chi connectivity index (χ1n) is 9.49. The number of thioether (sulfide) groups is 1. The van der Waals surface area contributed by atoms with Crippen LogP contribution in [0.2, 0.25) is 5.02 Å². The van der Waals surface area contributed by atoms with Gasteiger partial charge in [-0.25, -0.2) is 4.98 Å². The van der Waals surface area contributed by atoms with Crippen molar-refractivity contribution in [3.8, 4) is 0 Å². The molecule has 28 heavy (non-hydrogen) atoms. The number of pyridine rings is 1. The average Bonchev–Trinajstić information content (AvgIpc) is 2.75. The van der Waals surface area contributed by atoms with Gasteiger partial charge < -0.3 is 4.74 Å². The van der Waals surface area contributed by atoms with Crippen LogP contribution in [-0.2, 0) is 11.3 Å². The van der Waals surface area contributed by atoms with Crippen LogP contribution in [0.3, 0.4) is 0 Å². The van der Waals surface area contributed by atoms with Crippen LogP contribution >= 0.6 is 23.4 Å². The monoisotopic (exact) mass is 410 g/mol. The van der Waals surface area contributed by atoms with E-state index in [0.717, 1.165) is 31.3 Å². The molecule has 3 aromatic rings. The van der Waals surface area contributed by atoms with Crippen LogP contribution in [0.4, 0.5) is 0 Å². The zero-order valence-corrected chi connectivity index (χ0v) is 17.1. The highest BCUT2D eigenvalue weighted by Crippen LogP contribution is 2.41. The molecular formula is C23H23ClN2OS. The van der Waals surface area contributed by atoms with Crippen molar-refractivity contribution >= 4 is 23.4 Å². The molecule has 1 aliphatic heterocycles. The number of nitrogens with zero attached hydrogens (tertiary/aromatic N) is 2. The summed E-state index contributed by atoms with van der Waals surface area (Å²) in [6, 6.07) is 24.9. The number of aromatic nitrogens is 1. The van der Waals surface area contributed by atoms with Gasteiger partial charge in [-0.3, -0.25) is 4.90 Å². The Morgan fingerprint density at radius 3 is 2.54 bits per heavy atom. The van der Waals surface area contributed by atoms with Crippen molar-refractivity contribution in [3.05, 3.63) is 95.1 Å². The maximum atomic E-state index is 6.40. The summed E-state index contributed by atoms with van der Waals surface area (Å²) >= 11 is 8.08. The second-order valence-electron chi connectivity index (χ2n) is 6.87. The van der Waals surface area contributed by atoms with Gasteiger partial charge in [0.05, 0.1) is 23.0 Å². The summed E-state index contributed by atoms with van der Waals surface area (Å²) in [5, 5.41) is 1.67. The fourth-order valence-electron chi connectivity index (χ4n) is 3.48. The first-order valence-corrected chi connectivity index (χ1v) is 10.8. The first kappa shape index (κ1) is 19.5. The third-order valence-corrected chi connectivity index (χ3v) is 6.65. The molecule has 1 aliphatic rings. The van der Waals surface area contributed by atoms with Gasteiger partial charge in [0, 0.05) is 25.8 Å². The standard InChI is InChI=1S/C23H23ClN2OS/c24-20-12-7-13-25-23(20)28-22(19-10-5-2-6-11-19)21-17-26(14-15-27-21)16-18-8-3-1-4-9-18/h1-13,21-22H,14-17H2/t21-,22?/m0/s1. The van der Waals surface area contributed by atoms with Crippen LogP contribution in [-0.4, -0.2) is 35.7 Å². The fraction of sp³-hybridized carbons (Fsp3) is 0.261. The van der Waals surface area contributed by atoms with E-state index in [1.807, 2.05) is 18.2 Å². The molecule has 3 nitrogen and oxygen atoms in total. The summed E-state index contributed by atoms with van der Waals surface area (Å²) in [5.74, 6) is 0. The van der Waals surface area contributed by atoms with Crippen molar-refractivity contribution < 1.29 is 4.74 Å². The number of hydrogen-bond acceptors (Lipinski definition) is 4. The van der Waals surface area contributed by atoms with Gasteiger partial charge in [0.1, 0.15) is 5.03 Å². The second-order valence-corrected chi connectivity index (χ2v) is 8.41. The van der Waals surface area contributed by atoms with E-state index in [2.05, 4.69) is 64.5 Å². The van der Waals surface area contributed by atoms with E-state index < -0.39 is 0 Å². The first-order chi connectivity index (χ1) is 13.8. The Hall–Kier alpha value is -1.85. The Bertz CT molecular complexity index is 878. The van der Waals surface area contributed by atoms with E-state index in [4.69, 9.17) is 16.3 Å². The van der Waals surface area contributed by atoms with Crippen molar-refractivity contribution in [3.63, 3.8) is 0 Å². The molecule has 2 atom stereocenters. The molecule has 1 unspecified atom stereocenters. The molecule has 1 aromatic heterocycles. The van der Waals surface area contributed by atoms with Crippen molar-refractivity contribution in [2.45, 2.75) is 22.9 Å². The van der Waals surface area contributed by atoms with E-state index in [0.29, 0.717) is 5.02 Å². The summed E-state index contributed by atoms with van der Waals surface area (Å²) in [7, 11) is 0. The summed E-state index contributed by atoms with van der Waals surface area (Å²) in [6.45, 7) is 3.50. The highest BCUT2D eigenvalue weighted by atomic mass is 35.5. The van der Waals surface area contributed by atoms with Crippen molar-refractivity contribution in [2.75, 3.05) is 19.7 Å². The smallest absolute Gasteiger partial charge is 0.115 e. The number of rotatable bonds is 6. The SMILES string of the molecule is Clc1cccnc1SC(c1ccccc1)[C@@H]1CN(Cc2ccccc2)CCO1. The average molecular weight is 411 g/mol. The van der Waals surface area contributed by atoms with Gasteiger partial charge in [0.25, 0.3) is 0 Å². The van der Waals surface area contributed by atoms with Gasteiger partial charge >= 0.3 is 0 Å². The fourth-order valence-corrected chi connectivity index (χ4v) is 4.89. The molecule has 0 aliphatic carbocycles. The summed E-state index contributed by atoms with van der Waals surface area (Å²) in [4.78, 5) is 6.96. The molecule has 0 N–H and O–H groups in total. The van der Waals surface area contributed by atoms with E-state index >= 15 is 0 Å². The Balaban J connectivity index is 1.54. The molecule has 2 aromatic carbocycles. The minimum atomic E-state index is 0.0722. The lowest BCUT2D eigenvalue weighted by Crippen LogP contribution is -2.44. The van der Waals surface area contributed by atoms with Crippen LogP contribution < -0.4 is 0 Å². The number of hydrogen-bond donors (Lipinski definition) is 0. The normalized spacial score (nSPS) is 18.7. The Labute approximate surface area is 175 Å². The minimum Gasteiger partial charge on any atom is -0.374 e. The molecule has 4 rings (SSSR count). The third-order valence-electron chi connectivity index (χ3n) is 4.86. The quantitative estimate of drug-likeness (QED) is 0.503. The van der Waals surface area contributed by atoms with Crippen LogP contribution in [0.15, 0.2) is 84.0 Å². The van der Waals surface area contributed by atoms with Crippen molar-refractivity contribution in [1.82, 2.24) is 9.88 Å². The number of ether oxygens (including phenoxy) is 1. The molecule has 0 amide bonds. The summed E-state index contributed by atoms with van der Waals surface area (Å²) in [6.07, 6.45) is 1.86. The minimum absolute atomic E-state index is 0.0722. The molecule has 5 heteroatoms. The lowest BCUT2D eigenvalue weighted by Gasteiger charge is -2.37. The van der Waals surface area contributed by atoms with Crippen LogP contribution in [0.1, 0.15) is 16.4 Å². The van der Waals surface area contributed by atoms with Crippen LogP contribution in [0.25, 0.3) is 0 Å². The van der Waals surface area contributed by atoms with Gasteiger partial charge in [0.2, 0.25) is 0 Å². The largest absolute Gasteiger partial charge is 0.374 e. The van der Waals surface area contributed by atoms with Crippen molar-refractivity contribution in [1.29, 1.82) is 0 Å². The molecule has 0 saturated carbocycles. The molecular weight excluding hydrogens is 388 g/mol. The molecule has 2 heterocycles. The topological polar surface area (TPSA) is 25.4 Å². The summed E-state index contributed by atoms with van der Waals surface area (Å²) in [5.41, 5.74) is 2.57. The van der Waals surface area contributed by atoms with E-state index in [9.17, 15) is 0 Å². The van der Waals surface area contributed by atoms with E-state index in [1.165, 1.54) is 11.1 Å². The maximum absolute atomic E-state index is 6.40. The highest BCUT2D eigenvalue weighted by Gasteiger charge is 2.31. The van der Waals surface area contributed by atoms with Gasteiger partial charge in [-0.1, -0.05) is 84.0 Å². The molecule has 144 valence electrons. The van der Waals surface area contributed by atoms with Crippen LogP contribution in [0.5, 0.6) is 0 Å². The van der Waals surface area contributed by atoms with Gasteiger partial charge in [-0.05, 0) is 23.3 Å². The predicted molar refractivity (Wildman–Crippen MR) is 116 cm³/mol. The lowest BCUT2D eigenvalue weighted by atomic mass is 10.1. The highest BCUT2D eigenvalue weighted by molar-refractivity contribution is 7.99. The Morgan fingerprint density at radius 2 is 1.79 bits per heavy atom. The van der Waals surface area contributed by atoms with Crippen molar-refractivity contribution in [2.24, 2.45) is 0 Å². The maximum Gasteiger partial charge on any atom is 0.115 e. The number of morpholine rings is 1. The predicted octanol–water partition coefficient (Wildman–Crippen LogP) is 5.47. The van der Waals surface area contributed by atoms with E-state index in [-0.39, 0.29) is 11.4 Å². The van der Waals surface area contributed by atoms with E-state index in [1.54, 1.807) is 18.0 Å². The zero-order valence-electron chi connectivity index (χ0n) is 15.6. The van der Waals surface area contributed by atoms with Crippen LogP contribution in [0, 0.1) is 0 Å². The van der Waals surface area contributed by atoms with Gasteiger partial charge in [0.15, 0.2) is 0 Å². The molecule has 0 bridgehead atoms. The molecule has 0 spiro atoms. The zero-order chi connectivity index (χ0) is 19.2. The van der Waals surface area contributed by atoms with Gasteiger partial charge in [-0.2, -0.15) is 0 Å². The molecule has 1 saturated heterocycles. The Kier molecular flexibility index (Phi) is 6.65. The number of benzene rings is 2. The summed E-state index contributed by atoms with van der Waals surface area (Å²) < 4.78 is 6.24. The molecule has 1 fully saturated rings. The third kappa shape index (κ3) is 4.95. The lowest BCUT2D eigenvalue weighted by molar-refractivity contribution is -0.0320.